The van der Waals surface area contributed by atoms with Gasteiger partial charge in [-0.1, -0.05) is 68.3 Å². The summed E-state index contributed by atoms with van der Waals surface area (Å²) in [6.45, 7) is 0. The first-order chi connectivity index (χ1) is 12.1. The van der Waals surface area contributed by atoms with Gasteiger partial charge >= 0.3 is 59.1 Å². The van der Waals surface area contributed by atoms with Crippen molar-refractivity contribution in [1.82, 2.24) is 0 Å². The van der Waals surface area contributed by atoms with Crippen molar-refractivity contribution in [1.29, 1.82) is 0 Å². The molecule has 0 fully saturated rings. The summed E-state index contributed by atoms with van der Waals surface area (Å²) in [6.07, 6.45) is 3.98. The molecule has 0 unspecified atom stereocenters. The molecule has 0 bridgehead atoms. The van der Waals surface area contributed by atoms with Crippen molar-refractivity contribution < 1.29 is 82.2 Å². The van der Waals surface area contributed by atoms with Crippen LogP contribution in [0.3, 0.4) is 0 Å². The molecule has 0 saturated carbocycles. The van der Waals surface area contributed by atoms with Crippen molar-refractivity contribution in [3.05, 3.63) is 74.2 Å². The van der Waals surface area contributed by atoms with Gasteiger partial charge in [0.2, 0.25) is 0 Å². The molecule has 3 nitrogen and oxygen atoms in total. The molecule has 140 valence electrons. The molecule has 2 aromatic rings. The first-order valence-electron chi connectivity index (χ1n) is 7.30. The van der Waals surface area contributed by atoms with Crippen LogP contribution in [0.4, 0.5) is 8.78 Å². The van der Waals surface area contributed by atoms with Crippen molar-refractivity contribution in [3.63, 3.8) is 0 Å². The Morgan fingerprint density at radius 1 is 1.07 bits per heavy atom. The van der Waals surface area contributed by atoms with Gasteiger partial charge in [0, 0.05) is 33.6 Å². The van der Waals surface area contributed by atoms with Crippen molar-refractivity contribution >= 4 is 57.3 Å². The van der Waals surface area contributed by atoms with Gasteiger partial charge in [-0.15, -0.1) is 0 Å². The summed E-state index contributed by atoms with van der Waals surface area (Å²) >= 11 is 7.87. The summed E-state index contributed by atoms with van der Waals surface area (Å²) in [6, 6.07) is 11.6. The van der Waals surface area contributed by atoms with Gasteiger partial charge in [0.05, 0.1) is 0 Å². The Morgan fingerprint density at radius 3 is 2.21 bits per heavy atom. The molecule has 0 spiro atoms. The van der Waals surface area contributed by atoms with E-state index in [9.17, 15) is 23.1 Å². The molecule has 0 N–H and O–H groups in total. The van der Waals surface area contributed by atoms with Crippen molar-refractivity contribution in [2.45, 2.75) is 11.4 Å². The van der Waals surface area contributed by atoms with Crippen LogP contribution < -0.4 is 68.9 Å². The maximum absolute atomic E-state index is 13.7. The Kier molecular flexibility index (Phi) is 13.8. The Labute approximate surface area is 228 Å². The second-order valence-corrected chi connectivity index (χ2v) is 9.68. The van der Waals surface area contributed by atoms with Crippen LogP contribution in [0.15, 0.2) is 57.5 Å². The van der Waals surface area contributed by atoms with Gasteiger partial charge in [0.25, 0.3) is 5.66 Å². The van der Waals surface area contributed by atoms with E-state index < -0.39 is 18.8 Å². The smallest absolute Gasteiger partial charge is 0.806 e. The third-order valence-electron chi connectivity index (χ3n) is 3.36. The average Bonchev–Trinajstić information content (AvgIpc) is 2.55. The molecule has 0 atom stereocenters. The fraction of sp³-hybridized carbons (Fsp3) is 0.176. The molecule has 2 aromatic carbocycles. The summed E-state index contributed by atoms with van der Waals surface area (Å²) in [5.41, 5.74) is -3.46. The molecule has 28 heavy (non-hydrogen) atoms. The van der Waals surface area contributed by atoms with Gasteiger partial charge in [-0.2, -0.15) is 20.5 Å². The average molecular weight is 572 g/mol. The molecule has 11 heteroatoms. The van der Waals surface area contributed by atoms with Gasteiger partial charge in [-0.3, -0.25) is 0 Å². The Hall–Kier alpha value is 1.50. The van der Waals surface area contributed by atoms with Gasteiger partial charge in [0.1, 0.15) is 0 Å². The first kappa shape index (κ1) is 29.5. The van der Waals surface area contributed by atoms with E-state index in [4.69, 9.17) is 0 Å². The van der Waals surface area contributed by atoms with Gasteiger partial charge in [0.15, 0.2) is 0 Å². The van der Waals surface area contributed by atoms with E-state index in [-0.39, 0.29) is 63.6 Å². The SMILES string of the molecule is O=P([O-])([O-])C(F)(F)c1ccc(CSC/C=C/c2ccc(Br)cc2)cc1Br.[Na+].[Na+]. The number of halogens is 4. The monoisotopic (exact) mass is 570 g/mol. The van der Waals surface area contributed by atoms with Crippen LogP contribution in [0.25, 0.3) is 6.08 Å². The minimum atomic E-state index is -6.08. The summed E-state index contributed by atoms with van der Waals surface area (Å²) < 4.78 is 39.0. The quantitative estimate of drug-likeness (QED) is 0.246. The molecular formula is C17H13Br2F2Na2O3PS. The first-order valence-corrected chi connectivity index (χ1v) is 11.6. The summed E-state index contributed by atoms with van der Waals surface area (Å²) in [5, 5.41) is 0. The van der Waals surface area contributed by atoms with E-state index in [2.05, 4.69) is 31.9 Å². The van der Waals surface area contributed by atoms with Crippen LogP contribution in [0.1, 0.15) is 16.7 Å². The normalized spacial score (nSPS) is 11.8. The zero-order valence-electron chi connectivity index (χ0n) is 15.2. The zero-order valence-corrected chi connectivity index (χ0v) is 24.1. The van der Waals surface area contributed by atoms with Gasteiger partial charge in [-0.05, 0) is 29.3 Å². The molecule has 0 aliphatic carbocycles. The maximum atomic E-state index is 13.7. The second kappa shape index (κ2) is 13.1. The van der Waals surface area contributed by atoms with Gasteiger partial charge < -0.3 is 14.4 Å². The minimum absolute atomic E-state index is 0. The molecule has 2 rings (SSSR count). The van der Waals surface area contributed by atoms with Crippen LogP contribution >= 0.6 is 51.2 Å². The van der Waals surface area contributed by atoms with Crippen LogP contribution in [0.2, 0.25) is 0 Å². The number of hydrogen-bond acceptors (Lipinski definition) is 4. The van der Waals surface area contributed by atoms with E-state index in [1.54, 1.807) is 11.8 Å². The van der Waals surface area contributed by atoms with Gasteiger partial charge in [-0.25, -0.2) is 0 Å². The maximum Gasteiger partial charge on any atom is 1.00 e. The number of thioether (sulfide) groups is 1. The van der Waals surface area contributed by atoms with Crippen LogP contribution in [-0.4, -0.2) is 5.75 Å². The van der Waals surface area contributed by atoms with Crippen molar-refractivity contribution in [2.75, 3.05) is 5.75 Å². The Morgan fingerprint density at radius 2 is 1.68 bits per heavy atom. The molecule has 0 aliphatic rings. The van der Waals surface area contributed by atoms with E-state index >= 15 is 0 Å². The molecule has 0 amide bonds. The predicted molar refractivity (Wildman–Crippen MR) is 105 cm³/mol. The topological polar surface area (TPSA) is 63.2 Å². The fourth-order valence-corrected chi connectivity index (χ4v) is 4.39. The van der Waals surface area contributed by atoms with Crippen LogP contribution in [-0.2, 0) is 16.0 Å². The summed E-state index contributed by atoms with van der Waals surface area (Å²) in [5.74, 6) is 1.28. The minimum Gasteiger partial charge on any atom is -0.806 e. The standard InChI is InChI=1S/C17H15Br2F2O3PS.2Na/c18-14-6-3-12(4-7-14)2-1-9-26-11-13-5-8-15(16(19)10-13)17(20,21)25(22,23)24;;/h1-8,10H,9,11H2,(H2,22,23,24);;/q;2*+1/p-2/b2-1+;;. The molecule has 0 saturated heterocycles. The third-order valence-corrected chi connectivity index (χ3v) is 6.44. The van der Waals surface area contributed by atoms with Crippen LogP contribution in [0, 0.1) is 0 Å². The fourth-order valence-electron chi connectivity index (χ4n) is 2.04. The van der Waals surface area contributed by atoms with Crippen LogP contribution in [0.5, 0.6) is 0 Å². The molecule has 0 heterocycles. The van der Waals surface area contributed by atoms with Crippen molar-refractivity contribution in [3.8, 4) is 0 Å². The third kappa shape index (κ3) is 8.56. The molecule has 0 aliphatic heterocycles. The Bertz CT molecular complexity index is 849. The van der Waals surface area contributed by atoms with Crippen molar-refractivity contribution in [2.24, 2.45) is 0 Å². The number of alkyl halides is 2. The summed E-state index contributed by atoms with van der Waals surface area (Å²) in [7, 11) is -6.08. The molecular weight excluding hydrogens is 559 g/mol. The molecule has 0 radical (unpaired) electrons. The number of benzene rings is 2. The van der Waals surface area contributed by atoms with E-state index in [0.717, 1.165) is 27.4 Å². The number of rotatable bonds is 7. The largest absolute Gasteiger partial charge is 1.00 e. The summed E-state index contributed by atoms with van der Waals surface area (Å²) in [4.78, 5) is 21.5. The predicted octanol–water partition coefficient (Wildman–Crippen LogP) is -0.871. The molecule has 0 aromatic heterocycles. The van der Waals surface area contributed by atoms with E-state index in [1.165, 1.54) is 12.1 Å². The Balaban J connectivity index is 0.00000364. The number of hydrogen-bond donors (Lipinski definition) is 0. The van der Waals surface area contributed by atoms with E-state index in [1.807, 2.05) is 36.4 Å². The van der Waals surface area contributed by atoms with E-state index in [0.29, 0.717) is 5.75 Å². The second-order valence-electron chi connectivity index (χ2n) is 5.32. The zero-order chi connectivity index (χ0) is 19.4.